The summed E-state index contributed by atoms with van der Waals surface area (Å²) in [6.07, 6.45) is 3.53. The zero-order valence-corrected chi connectivity index (χ0v) is 10.6. The number of fused-ring (bicyclic) bond motifs is 1. The minimum Gasteiger partial charge on any atom is -0.396 e. The smallest absolute Gasteiger partial charge is 0.291 e. The van der Waals surface area contributed by atoms with Gasteiger partial charge in [-0.05, 0) is 25.8 Å². The SMILES string of the molecule is Cc1ccnc2nc(C(=O)NCC3(CO)CC3)nn12. The van der Waals surface area contributed by atoms with E-state index in [1.165, 1.54) is 4.52 Å². The van der Waals surface area contributed by atoms with E-state index in [0.29, 0.717) is 12.3 Å². The number of aliphatic hydroxyl groups is 1. The molecule has 0 radical (unpaired) electrons. The van der Waals surface area contributed by atoms with Crippen molar-refractivity contribution in [2.45, 2.75) is 19.8 Å². The van der Waals surface area contributed by atoms with Crippen LogP contribution in [0, 0.1) is 12.3 Å². The molecule has 1 fully saturated rings. The maximum Gasteiger partial charge on any atom is 0.291 e. The van der Waals surface area contributed by atoms with Crippen LogP contribution in [0.5, 0.6) is 0 Å². The van der Waals surface area contributed by atoms with Crippen molar-refractivity contribution in [3.8, 4) is 0 Å². The van der Waals surface area contributed by atoms with Crippen molar-refractivity contribution in [2.75, 3.05) is 13.2 Å². The van der Waals surface area contributed by atoms with Crippen LogP contribution in [0.3, 0.4) is 0 Å². The number of amides is 1. The third kappa shape index (κ3) is 2.17. The van der Waals surface area contributed by atoms with Crippen molar-refractivity contribution >= 4 is 11.7 Å². The molecule has 3 rings (SSSR count). The molecule has 0 spiro atoms. The Balaban J connectivity index is 1.76. The van der Waals surface area contributed by atoms with Crippen molar-refractivity contribution in [3.05, 3.63) is 23.8 Å². The standard InChI is InChI=1S/C12H15N5O2/c1-8-2-5-13-11-15-9(16-17(8)11)10(19)14-6-12(7-18)3-4-12/h2,5,18H,3-4,6-7H2,1H3,(H,14,19). The maximum atomic E-state index is 12.0. The Kier molecular flexibility index (Phi) is 2.70. The van der Waals surface area contributed by atoms with Crippen LogP contribution in [0.4, 0.5) is 0 Å². The molecule has 7 nitrogen and oxygen atoms in total. The lowest BCUT2D eigenvalue weighted by Crippen LogP contribution is -2.32. The first kappa shape index (κ1) is 12.0. The number of aliphatic hydroxyl groups excluding tert-OH is 1. The van der Waals surface area contributed by atoms with Gasteiger partial charge in [0.25, 0.3) is 11.7 Å². The highest BCUT2D eigenvalue weighted by atomic mass is 16.3. The Morgan fingerprint density at radius 2 is 2.37 bits per heavy atom. The van der Waals surface area contributed by atoms with Crippen molar-refractivity contribution in [2.24, 2.45) is 5.41 Å². The van der Waals surface area contributed by atoms with Gasteiger partial charge in [0.15, 0.2) is 0 Å². The van der Waals surface area contributed by atoms with E-state index in [1.54, 1.807) is 12.3 Å². The lowest BCUT2D eigenvalue weighted by molar-refractivity contribution is 0.0925. The molecule has 19 heavy (non-hydrogen) atoms. The average Bonchev–Trinajstić information content (AvgIpc) is 3.06. The number of nitrogens with one attached hydrogen (secondary N) is 1. The van der Waals surface area contributed by atoms with Gasteiger partial charge in [0.1, 0.15) is 0 Å². The molecular formula is C12H15N5O2. The first-order chi connectivity index (χ1) is 9.13. The molecule has 0 saturated heterocycles. The van der Waals surface area contributed by atoms with Crippen LogP contribution < -0.4 is 5.32 Å². The van der Waals surface area contributed by atoms with E-state index in [4.69, 9.17) is 0 Å². The first-order valence-electron chi connectivity index (χ1n) is 6.21. The molecule has 2 aromatic heterocycles. The summed E-state index contributed by atoms with van der Waals surface area (Å²) in [6.45, 7) is 2.44. The number of aryl methyl sites for hydroxylation is 1. The van der Waals surface area contributed by atoms with E-state index in [-0.39, 0.29) is 23.8 Å². The molecule has 1 aliphatic rings. The van der Waals surface area contributed by atoms with Gasteiger partial charge >= 0.3 is 0 Å². The fourth-order valence-electron chi connectivity index (χ4n) is 1.92. The Hall–Kier alpha value is -2.02. The number of carbonyl (C=O) groups is 1. The van der Waals surface area contributed by atoms with Crippen LogP contribution in [0.25, 0.3) is 5.78 Å². The van der Waals surface area contributed by atoms with Crippen LogP contribution in [-0.4, -0.2) is 43.7 Å². The second-order valence-electron chi connectivity index (χ2n) is 5.07. The lowest BCUT2D eigenvalue weighted by atomic mass is 10.1. The summed E-state index contributed by atoms with van der Waals surface area (Å²) in [5.74, 6) is 0.189. The van der Waals surface area contributed by atoms with E-state index < -0.39 is 0 Å². The molecule has 1 saturated carbocycles. The molecule has 0 aliphatic heterocycles. The fraction of sp³-hybridized carbons (Fsp3) is 0.500. The maximum absolute atomic E-state index is 12.0. The summed E-state index contributed by atoms with van der Waals surface area (Å²) < 4.78 is 1.54. The minimum atomic E-state index is -0.329. The zero-order valence-electron chi connectivity index (χ0n) is 10.6. The van der Waals surface area contributed by atoms with Gasteiger partial charge in [-0.15, -0.1) is 5.10 Å². The highest BCUT2D eigenvalue weighted by molar-refractivity contribution is 5.90. The third-order valence-corrected chi connectivity index (χ3v) is 3.55. The van der Waals surface area contributed by atoms with Crippen LogP contribution >= 0.6 is 0 Å². The van der Waals surface area contributed by atoms with Gasteiger partial charge in [-0.25, -0.2) is 9.50 Å². The summed E-state index contributed by atoms with van der Waals surface area (Å²) in [7, 11) is 0. The second kappa shape index (κ2) is 4.27. The van der Waals surface area contributed by atoms with Gasteiger partial charge in [-0.3, -0.25) is 4.79 Å². The molecule has 1 aliphatic carbocycles. The summed E-state index contributed by atoms with van der Waals surface area (Å²) in [4.78, 5) is 20.1. The zero-order chi connectivity index (χ0) is 13.5. The monoisotopic (exact) mass is 261 g/mol. The van der Waals surface area contributed by atoms with E-state index >= 15 is 0 Å². The summed E-state index contributed by atoms with van der Waals surface area (Å²) in [5.41, 5.74) is 0.744. The molecule has 0 unspecified atom stereocenters. The molecule has 0 bridgehead atoms. The predicted molar refractivity (Wildman–Crippen MR) is 66.6 cm³/mol. The quantitative estimate of drug-likeness (QED) is 0.804. The van der Waals surface area contributed by atoms with Crippen LogP contribution in [-0.2, 0) is 0 Å². The number of carbonyl (C=O) groups excluding carboxylic acids is 1. The summed E-state index contributed by atoms with van der Waals surface area (Å²) >= 11 is 0. The Morgan fingerprint density at radius 1 is 1.58 bits per heavy atom. The normalized spacial score (nSPS) is 16.5. The molecule has 7 heteroatoms. The van der Waals surface area contributed by atoms with Crippen molar-refractivity contribution in [1.29, 1.82) is 0 Å². The molecule has 2 heterocycles. The topological polar surface area (TPSA) is 92.4 Å². The molecule has 0 atom stereocenters. The molecule has 0 aromatic carbocycles. The lowest BCUT2D eigenvalue weighted by Gasteiger charge is -2.11. The number of hydrogen-bond donors (Lipinski definition) is 2. The van der Waals surface area contributed by atoms with Gasteiger partial charge in [-0.2, -0.15) is 4.98 Å². The number of aromatic nitrogens is 4. The Bertz CT molecular complexity index is 632. The highest BCUT2D eigenvalue weighted by Gasteiger charge is 2.42. The third-order valence-electron chi connectivity index (χ3n) is 3.55. The predicted octanol–water partition coefficient (Wildman–Crippen LogP) is -0.0650. The van der Waals surface area contributed by atoms with E-state index in [0.717, 1.165) is 18.5 Å². The van der Waals surface area contributed by atoms with Gasteiger partial charge in [0.05, 0.1) is 6.61 Å². The number of nitrogens with zero attached hydrogens (tertiary/aromatic N) is 4. The Labute approximate surface area is 109 Å². The molecule has 1 amide bonds. The van der Waals surface area contributed by atoms with Crippen LogP contribution in [0.2, 0.25) is 0 Å². The van der Waals surface area contributed by atoms with Gasteiger partial charge in [-0.1, -0.05) is 0 Å². The summed E-state index contributed by atoms with van der Waals surface area (Å²) in [6, 6.07) is 1.80. The molecule has 2 N–H and O–H groups in total. The summed E-state index contributed by atoms with van der Waals surface area (Å²) in [5, 5.41) is 16.1. The highest BCUT2D eigenvalue weighted by Crippen LogP contribution is 2.44. The molecule has 100 valence electrons. The Morgan fingerprint density at radius 3 is 3.00 bits per heavy atom. The molecule has 2 aromatic rings. The van der Waals surface area contributed by atoms with Gasteiger partial charge in [0.2, 0.25) is 5.82 Å². The van der Waals surface area contributed by atoms with Crippen molar-refractivity contribution < 1.29 is 9.90 Å². The van der Waals surface area contributed by atoms with Gasteiger partial charge < -0.3 is 10.4 Å². The average molecular weight is 261 g/mol. The van der Waals surface area contributed by atoms with E-state index in [2.05, 4.69) is 20.4 Å². The second-order valence-corrected chi connectivity index (χ2v) is 5.07. The first-order valence-corrected chi connectivity index (χ1v) is 6.21. The van der Waals surface area contributed by atoms with E-state index in [9.17, 15) is 9.90 Å². The number of hydrogen-bond acceptors (Lipinski definition) is 5. The number of rotatable bonds is 4. The van der Waals surface area contributed by atoms with E-state index in [1.807, 2.05) is 6.92 Å². The van der Waals surface area contributed by atoms with Crippen LogP contribution in [0.1, 0.15) is 29.2 Å². The molecular weight excluding hydrogens is 246 g/mol. The fourth-order valence-corrected chi connectivity index (χ4v) is 1.92. The largest absolute Gasteiger partial charge is 0.396 e. The van der Waals surface area contributed by atoms with Crippen LogP contribution in [0.15, 0.2) is 12.3 Å². The minimum absolute atomic E-state index is 0.104. The van der Waals surface area contributed by atoms with Crippen molar-refractivity contribution in [1.82, 2.24) is 24.9 Å². The van der Waals surface area contributed by atoms with Crippen molar-refractivity contribution in [3.63, 3.8) is 0 Å². The van der Waals surface area contributed by atoms with Gasteiger partial charge in [0, 0.05) is 23.9 Å².